The van der Waals surface area contributed by atoms with Gasteiger partial charge in [0.05, 0.1) is 10.9 Å². The van der Waals surface area contributed by atoms with E-state index in [2.05, 4.69) is 0 Å². The molecule has 0 aromatic heterocycles. The normalized spacial score (nSPS) is 27.2. The molecule has 0 N–H and O–H groups in total. The zero-order valence-electron chi connectivity index (χ0n) is 14.7. The van der Waals surface area contributed by atoms with Crippen LogP contribution >= 0.6 is 0 Å². The third-order valence-electron chi connectivity index (χ3n) is 6.09. The molecule has 2 saturated carbocycles. The Morgan fingerprint density at radius 2 is 1.88 bits per heavy atom. The molecular formula is C19H27NO3S. The standard InChI is InChI=1S/C19H27NO3S/c1-13(15-6-8-18(9-7-15)24(3,22)23)20(2)19(21)12-17-11-14-4-5-16(17)10-14/h6-9,13-14,16-17H,4-5,10-12H2,1-3H3/t13-,14-,16-,17+/m0/s1. The number of benzene rings is 1. The largest absolute Gasteiger partial charge is 0.339 e. The first kappa shape index (κ1) is 17.5. The molecule has 2 bridgehead atoms. The zero-order chi connectivity index (χ0) is 17.5. The SMILES string of the molecule is C[C@@H](c1ccc(S(C)(=O)=O)cc1)N(C)C(=O)C[C@H]1C[C@H]2CC[C@H]1C2. The van der Waals surface area contributed by atoms with E-state index in [1.165, 1.54) is 31.9 Å². The summed E-state index contributed by atoms with van der Waals surface area (Å²) in [6.07, 6.45) is 7.06. The number of hydrogen-bond donors (Lipinski definition) is 0. The maximum absolute atomic E-state index is 12.6. The number of carbonyl (C=O) groups excluding carboxylic acids is 1. The molecule has 0 radical (unpaired) electrons. The minimum Gasteiger partial charge on any atom is -0.339 e. The van der Waals surface area contributed by atoms with Crippen LogP contribution in [0.25, 0.3) is 0 Å². The second kappa shape index (κ2) is 6.51. The molecule has 4 nitrogen and oxygen atoms in total. The molecular weight excluding hydrogens is 322 g/mol. The van der Waals surface area contributed by atoms with Gasteiger partial charge < -0.3 is 4.90 Å². The predicted molar refractivity (Wildman–Crippen MR) is 94.3 cm³/mol. The quantitative estimate of drug-likeness (QED) is 0.818. The number of rotatable bonds is 5. The van der Waals surface area contributed by atoms with Crippen molar-refractivity contribution >= 4 is 15.7 Å². The minimum atomic E-state index is -3.18. The third-order valence-corrected chi connectivity index (χ3v) is 7.21. The van der Waals surface area contributed by atoms with E-state index in [1.54, 1.807) is 17.0 Å². The number of hydrogen-bond acceptors (Lipinski definition) is 3. The second-order valence-corrected chi connectivity index (χ2v) is 9.68. The molecule has 2 aliphatic carbocycles. The molecule has 5 heteroatoms. The van der Waals surface area contributed by atoms with Crippen LogP contribution in [0.15, 0.2) is 29.2 Å². The topological polar surface area (TPSA) is 54.5 Å². The minimum absolute atomic E-state index is 0.0512. The number of amides is 1. The highest BCUT2D eigenvalue weighted by Crippen LogP contribution is 2.49. The van der Waals surface area contributed by atoms with Crippen molar-refractivity contribution in [1.82, 2.24) is 4.90 Å². The van der Waals surface area contributed by atoms with Gasteiger partial charge in [-0.1, -0.05) is 18.6 Å². The van der Waals surface area contributed by atoms with Crippen molar-refractivity contribution in [3.63, 3.8) is 0 Å². The zero-order valence-corrected chi connectivity index (χ0v) is 15.6. The number of sulfone groups is 1. The third kappa shape index (κ3) is 3.51. The summed E-state index contributed by atoms with van der Waals surface area (Å²) in [6, 6.07) is 6.81. The van der Waals surface area contributed by atoms with Gasteiger partial charge in [-0.05, 0) is 61.6 Å². The Bertz CT molecular complexity index is 711. The first-order chi connectivity index (χ1) is 11.3. The van der Waals surface area contributed by atoms with E-state index >= 15 is 0 Å². The van der Waals surface area contributed by atoms with Crippen LogP contribution in [-0.4, -0.2) is 32.5 Å². The highest BCUT2D eigenvalue weighted by atomic mass is 32.2. The van der Waals surface area contributed by atoms with E-state index in [-0.39, 0.29) is 11.9 Å². The van der Waals surface area contributed by atoms with Gasteiger partial charge in [-0.25, -0.2) is 8.42 Å². The fourth-order valence-corrected chi connectivity index (χ4v) is 5.06. The highest BCUT2D eigenvalue weighted by molar-refractivity contribution is 7.90. The molecule has 3 rings (SSSR count). The van der Waals surface area contributed by atoms with E-state index in [0.29, 0.717) is 17.2 Å². The summed E-state index contributed by atoms with van der Waals surface area (Å²) in [5.41, 5.74) is 0.964. The lowest BCUT2D eigenvalue weighted by atomic mass is 9.86. The van der Waals surface area contributed by atoms with Gasteiger partial charge in [0.1, 0.15) is 0 Å². The van der Waals surface area contributed by atoms with Crippen LogP contribution in [0, 0.1) is 17.8 Å². The first-order valence-electron chi connectivity index (χ1n) is 8.81. The average molecular weight is 349 g/mol. The van der Waals surface area contributed by atoms with Crippen LogP contribution in [0.2, 0.25) is 0 Å². The van der Waals surface area contributed by atoms with Gasteiger partial charge in [0.2, 0.25) is 5.91 Å². The molecule has 0 spiro atoms. The van der Waals surface area contributed by atoms with Gasteiger partial charge in [0, 0.05) is 19.7 Å². The van der Waals surface area contributed by atoms with E-state index in [1.807, 2.05) is 26.1 Å². The first-order valence-corrected chi connectivity index (χ1v) is 10.7. The van der Waals surface area contributed by atoms with Crippen LogP contribution < -0.4 is 0 Å². The fourth-order valence-electron chi connectivity index (χ4n) is 4.43. The Hall–Kier alpha value is -1.36. The average Bonchev–Trinajstić information content (AvgIpc) is 3.15. The number of nitrogens with zero attached hydrogens (tertiary/aromatic N) is 1. The molecule has 0 unspecified atom stereocenters. The van der Waals surface area contributed by atoms with Gasteiger partial charge >= 0.3 is 0 Å². The summed E-state index contributed by atoms with van der Waals surface area (Å²) >= 11 is 0. The summed E-state index contributed by atoms with van der Waals surface area (Å²) in [5.74, 6) is 2.39. The lowest BCUT2D eigenvalue weighted by Crippen LogP contribution is -2.32. The number of carbonyl (C=O) groups is 1. The van der Waals surface area contributed by atoms with Gasteiger partial charge in [-0.2, -0.15) is 0 Å². The Balaban J connectivity index is 1.63. The van der Waals surface area contributed by atoms with Crippen molar-refractivity contribution in [1.29, 1.82) is 0 Å². The van der Waals surface area contributed by atoms with Crippen molar-refractivity contribution in [3.8, 4) is 0 Å². The van der Waals surface area contributed by atoms with E-state index in [0.717, 1.165) is 17.4 Å². The molecule has 1 amide bonds. The summed E-state index contributed by atoms with van der Waals surface area (Å²) in [5, 5.41) is 0. The Kier molecular flexibility index (Phi) is 4.73. The van der Waals surface area contributed by atoms with Crippen LogP contribution in [0.4, 0.5) is 0 Å². The second-order valence-electron chi connectivity index (χ2n) is 7.66. The summed E-state index contributed by atoms with van der Waals surface area (Å²) in [7, 11) is -1.33. The van der Waals surface area contributed by atoms with Gasteiger partial charge in [-0.15, -0.1) is 0 Å². The van der Waals surface area contributed by atoms with Gasteiger partial charge in [0.25, 0.3) is 0 Å². The maximum atomic E-state index is 12.6. The molecule has 4 atom stereocenters. The molecule has 0 aliphatic heterocycles. The van der Waals surface area contributed by atoms with Crippen LogP contribution in [0.5, 0.6) is 0 Å². The molecule has 132 valence electrons. The van der Waals surface area contributed by atoms with Gasteiger partial charge in [-0.3, -0.25) is 4.79 Å². The van der Waals surface area contributed by atoms with Crippen LogP contribution in [-0.2, 0) is 14.6 Å². The summed E-state index contributed by atoms with van der Waals surface area (Å²) < 4.78 is 23.1. The Morgan fingerprint density at radius 1 is 1.21 bits per heavy atom. The monoisotopic (exact) mass is 349 g/mol. The van der Waals surface area contributed by atoms with E-state index in [4.69, 9.17) is 0 Å². The van der Waals surface area contributed by atoms with Crippen molar-refractivity contribution in [2.75, 3.05) is 13.3 Å². The van der Waals surface area contributed by atoms with Crippen molar-refractivity contribution in [2.24, 2.45) is 17.8 Å². The predicted octanol–water partition coefficient (Wildman–Crippen LogP) is 3.44. The van der Waals surface area contributed by atoms with E-state index in [9.17, 15) is 13.2 Å². The van der Waals surface area contributed by atoms with Crippen LogP contribution in [0.3, 0.4) is 0 Å². The molecule has 1 aromatic carbocycles. The lowest BCUT2D eigenvalue weighted by molar-refractivity contribution is -0.133. The molecule has 24 heavy (non-hydrogen) atoms. The summed E-state index contributed by atoms with van der Waals surface area (Å²) in [6.45, 7) is 1.99. The molecule has 1 aromatic rings. The lowest BCUT2D eigenvalue weighted by Gasteiger charge is -2.29. The molecule has 0 saturated heterocycles. The fraction of sp³-hybridized carbons (Fsp3) is 0.632. The van der Waals surface area contributed by atoms with Gasteiger partial charge in [0.15, 0.2) is 9.84 Å². The number of fused-ring (bicyclic) bond motifs is 2. The van der Waals surface area contributed by atoms with Crippen molar-refractivity contribution in [2.45, 2.75) is 50.0 Å². The molecule has 0 heterocycles. The van der Waals surface area contributed by atoms with E-state index < -0.39 is 9.84 Å². The van der Waals surface area contributed by atoms with Crippen molar-refractivity contribution in [3.05, 3.63) is 29.8 Å². The van der Waals surface area contributed by atoms with Crippen molar-refractivity contribution < 1.29 is 13.2 Å². The smallest absolute Gasteiger partial charge is 0.223 e. The summed E-state index contributed by atoms with van der Waals surface area (Å²) in [4.78, 5) is 14.8. The Morgan fingerprint density at radius 3 is 2.38 bits per heavy atom. The molecule has 2 aliphatic rings. The maximum Gasteiger partial charge on any atom is 0.223 e. The highest BCUT2D eigenvalue weighted by Gasteiger charge is 2.40. The van der Waals surface area contributed by atoms with Crippen LogP contribution in [0.1, 0.15) is 50.6 Å². The molecule has 2 fully saturated rings. The Labute approximate surface area is 145 Å².